The van der Waals surface area contributed by atoms with Gasteiger partial charge in [-0.15, -0.1) is 0 Å². The number of nitrogens with one attached hydrogen (secondary N) is 2. The molecule has 0 bridgehead atoms. The number of methoxy groups -OCH3 is 1. The molecule has 0 atom stereocenters. The summed E-state index contributed by atoms with van der Waals surface area (Å²) < 4.78 is 13.1. The van der Waals surface area contributed by atoms with Gasteiger partial charge in [-0.05, 0) is 29.7 Å². The Morgan fingerprint density at radius 3 is 2.53 bits per heavy atom. The van der Waals surface area contributed by atoms with E-state index in [1.807, 2.05) is 12.5 Å². The van der Waals surface area contributed by atoms with Crippen molar-refractivity contribution in [3.8, 4) is 5.75 Å². The van der Waals surface area contributed by atoms with E-state index in [1.54, 1.807) is 20.4 Å². The smallest absolute Gasteiger partial charge is 0.191 e. The summed E-state index contributed by atoms with van der Waals surface area (Å²) in [5.41, 5.74) is 4.71. The number of aryl methyl sites for hydroxylation is 1. The summed E-state index contributed by atoms with van der Waals surface area (Å²) in [6.45, 7) is 5.54. The van der Waals surface area contributed by atoms with Gasteiger partial charge in [0.2, 0.25) is 0 Å². The van der Waals surface area contributed by atoms with Crippen LogP contribution >= 0.6 is 0 Å². The van der Waals surface area contributed by atoms with E-state index in [9.17, 15) is 0 Å². The van der Waals surface area contributed by atoms with Gasteiger partial charge in [-0.25, -0.2) is 4.98 Å². The number of guanidine groups is 1. The highest BCUT2D eigenvalue weighted by Crippen LogP contribution is 2.20. The van der Waals surface area contributed by atoms with E-state index in [2.05, 4.69) is 74.6 Å². The van der Waals surface area contributed by atoms with Crippen molar-refractivity contribution in [1.82, 2.24) is 20.2 Å². The second-order valence-corrected chi connectivity index (χ2v) is 7.64. The summed E-state index contributed by atoms with van der Waals surface area (Å²) in [6.07, 6.45) is 6.45. The average molecular weight is 436 g/mol. The maximum atomic E-state index is 5.98. The molecule has 3 aromatic rings. The van der Waals surface area contributed by atoms with Crippen LogP contribution in [0.5, 0.6) is 5.75 Å². The minimum atomic E-state index is 0.628. The van der Waals surface area contributed by atoms with Gasteiger partial charge in [-0.2, -0.15) is 0 Å². The van der Waals surface area contributed by atoms with Crippen LogP contribution in [-0.2, 0) is 24.4 Å². The van der Waals surface area contributed by atoms with Gasteiger partial charge in [-0.3, -0.25) is 4.99 Å². The molecule has 0 saturated carbocycles. The van der Waals surface area contributed by atoms with Crippen molar-refractivity contribution in [1.29, 1.82) is 0 Å². The first-order chi connectivity index (χ1) is 15.7. The van der Waals surface area contributed by atoms with Crippen LogP contribution in [0.3, 0.4) is 0 Å². The van der Waals surface area contributed by atoms with Crippen LogP contribution in [0.1, 0.15) is 28.7 Å². The average Bonchev–Trinajstić information content (AvgIpc) is 3.32. The van der Waals surface area contributed by atoms with Gasteiger partial charge in [0.25, 0.3) is 0 Å². The molecule has 0 radical (unpaired) electrons. The van der Waals surface area contributed by atoms with Crippen molar-refractivity contribution in [3.05, 3.63) is 83.4 Å². The van der Waals surface area contributed by atoms with Crippen LogP contribution in [-0.4, -0.2) is 42.9 Å². The largest absolute Gasteiger partial charge is 0.493 e. The first-order valence-electron chi connectivity index (χ1n) is 10.9. The Balaban J connectivity index is 1.49. The summed E-state index contributed by atoms with van der Waals surface area (Å²) in [6, 6.07) is 14.8. The zero-order valence-corrected chi connectivity index (χ0v) is 19.2. The molecule has 1 heterocycles. The summed E-state index contributed by atoms with van der Waals surface area (Å²) in [5.74, 6) is 1.65. The highest BCUT2D eigenvalue weighted by molar-refractivity contribution is 5.79. The van der Waals surface area contributed by atoms with E-state index in [-0.39, 0.29) is 0 Å². The number of aliphatic imine (C=N–C) groups is 1. The monoisotopic (exact) mass is 435 g/mol. The highest BCUT2D eigenvalue weighted by atomic mass is 16.5. The Kier molecular flexibility index (Phi) is 9.13. The van der Waals surface area contributed by atoms with Crippen LogP contribution in [0.25, 0.3) is 0 Å². The number of rotatable bonds is 11. The van der Waals surface area contributed by atoms with Crippen molar-refractivity contribution in [2.24, 2.45) is 4.99 Å². The molecule has 7 nitrogen and oxygen atoms in total. The van der Waals surface area contributed by atoms with E-state index in [0.717, 1.165) is 30.2 Å². The lowest BCUT2D eigenvalue weighted by Crippen LogP contribution is -2.36. The summed E-state index contributed by atoms with van der Waals surface area (Å²) in [5, 5.41) is 6.76. The Labute approximate surface area is 190 Å². The molecular weight excluding hydrogens is 402 g/mol. The van der Waals surface area contributed by atoms with E-state index in [1.165, 1.54) is 16.7 Å². The van der Waals surface area contributed by atoms with Crippen molar-refractivity contribution in [3.63, 3.8) is 0 Å². The molecule has 2 aromatic carbocycles. The number of ether oxygens (including phenoxy) is 2. The van der Waals surface area contributed by atoms with Crippen molar-refractivity contribution >= 4 is 5.96 Å². The maximum Gasteiger partial charge on any atom is 0.191 e. The van der Waals surface area contributed by atoms with E-state index in [0.29, 0.717) is 26.3 Å². The molecule has 0 aliphatic heterocycles. The molecule has 3 rings (SSSR count). The fraction of sp³-hybridized carbons (Fsp3) is 0.360. The van der Waals surface area contributed by atoms with Gasteiger partial charge in [0.15, 0.2) is 5.96 Å². The van der Waals surface area contributed by atoms with Gasteiger partial charge in [0.1, 0.15) is 5.75 Å². The van der Waals surface area contributed by atoms with Gasteiger partial charge in [0.05, 0.1) is 12.9 Å². The van der Waals surface area contributed by atoms with Crippen LogP contribution in [0, 0.1) is 6.92 Å². The number of benzene rings is 2. The SMILES string of the molecule is CN=C(NCc1ccc(Cn2ccnc2)cc1)NCc1ccc(C)cc1OCCCOC. The molecule has 0 saturated heterocycles. The lowest BCUT2D eigenvalue weighted by molar-refractivity contribution is 0.171. The summed E-state index contributed by atoms with van der Waals surface area (Å²) >= 11 is 0. The Morgan fingerprint density at radius 2 is 1.81 bits per heavy atom. The van der Waals surface area contributed by atoms with Gasteiger partial charge in [0, 0.05) is 64.8 Å². The Hall–Kier alpha value is -3.32. The molecule has 32 heavy (non-hydrogen) atoms. The third-order valence-electron chi connectivity index (χ3n) is 5.05. The van der Waals surface area contributed by atoms with Gasteiger partial charge in [-0.1, -0.05) is 36.4 Å². The third-order valence-corrected chi connectivity index (χ3v) is 5.05. The van der Waals surface area contributed by atoms with Crippen LogP contribution < -0.4 is 15.4 Å². The number of imidazole rings is 1. The molecule has 0 fully saturated rings. The Morgan fingerprint density at radius 1 is 1.03 bits per heavy atom. The fourth-order valence-electron chi connectivity index (χ4n) is 3.27. The summed E-state index contributed by atoms with van der Waals surface area (Å²) in [7, 11) is 3.48. The van der Waals surface area contributed by atoms with Crippen LogP contribution in [0.2, 0.25) is 0 Å². The lowest BCUT2D eigenvalue weighted by Gasteiger charge is -2.16. The molecule has 1 aromatic heterocycles. The predicted molar refractivity (Wildman–Crippen MR) is 128 cm³/mol. The minimum Gasteiger partial charge on any atom is -0.493 e. The van der Waals surface area contributed by atoms with Crippen molar-refractivity contribution in [2.45, 2.75) is 33.0 Å². The maximum absolute atomic E-state index is 5.98. The quantitative estimate of drug-likeness (QED) is 0.274. The molecule has 170 valence electrons. The summed E-state index contributed by atoms with van der Waals surface area (Å²) in [4.78, 5) is 8.43. The highest BCUT2D eigenvalue weighted by Gasteiger charge is 2.06. The normalized spacial score (nSPS) is 11.4. The van der Waals surface area contributed by atoms with Crippen LogP contribution in [0.15, 0.2) is 66.2 Å². The van der Waals surface area contributed by atoms with Crippen molar-refractivity contribution < 1.29 is 9.47 Å². The van der Waals surface area contributed by atoms with Gasteiger partial charge < -0.3 is 24.7 Å². The Bertz CT molecular complexity index is 969. The topological polar surface area (TPSA) is 72.7 Å². The van der Waals surface area contributed by atoms with E-state index >= 15 is 0 Å². The molecule has 0 unspecified atom stereocenters. The molecule has 7 heteroatoms. The number of hydrogen-bond acceptors (Lipinski definition) is 4. The second kappa shape index (κ2) is 12.5. The van der Waals surface area contributed by atoms with E-state index in [4.69, 9.17) is 9.47 Å². The van der Waals surface area contributed by atoms with Crippen molar-refractivity contribution in [2.75, 3.05) is 27.4 Å². The number of nitrogens with zero attached hydrogens (tertiary/aromatic N) is 3. The fourth-order valence-corrected chi connectivity index (χ4v) is 3.27. The van der Waals surface area contributed by atoms with E-state index < -0.39 is 0 Å². The van der Waals surface area contributed by atoms with Crippen LogP contribution in [0.4, 0.5) is 0 Å². The molecule has 2 N–H and O–H groups in total. The first-order valence-corrected chi connectivity index (χ1v) is 10.9. The zero-order chi connectivity index (χ0) is 22.6. The zero-order valence-electron chi connectivity index (χ0n) is 19.2. The lowest BCUT2D eigenvalue weighted by atomic mass is 10.1. The standard InChI is InChI=1S/C25H33N5O2/c1-20-5-10-23(24(15-20)32-14-4-13-31-3)17-29-25(26-2)28-16-21-6-8-22(9-7-21)18-30-12-11-27-19-30/h5-12,15,19H,4,13-14,16-18H2,1-3H3,(H2,26,28,29). The molecule has 0 aliphatic carbocycles. The molecule has 0 spiro atoms. The molecule has 0 aliphatic rings. The predicted octanol–water partition coefficient (Wildman–Crippen LogP) is 3.52. The molecular formula is C25H33N5O2. The second-order valence-electron chi connectivity index (χ2n) is 7.64. The van der Waals surface area contributed by atoms with Gasteiger partial charge >= 0.3 is 0 Å². The number of aromatic nitrogens is 2. The minimum absolute atomic E-state index is 0.628. The third kappa shape index (κ3) is 7.42. The first kappa shape index (κ1) is 23.3. The number of hydrogen-bond donors (Lipinski definition) is 2. The molecule has 0 amide bonds.